The minimum atomic E-state index is -4.38. The Morgan fingerprint density at radius 2 is 1.95 bits per heavy atom. The summed E-state index contributed by atoms with van der Waals surface area (Å²) in [5.74, 6) is 0. The minimum Gasteiger partial charge on any atom is -0.396 e. The molecule has 0 amide bonds. The third-order valence-electron chi connectivity index (χ3n) is 3.25. The maximum atomic E-state index is 12.8. The highest BCUT2D eigenvalue weighted by Crippen LogP contribution is 2.32. The van der Waals surface area contributed by atoms with Gasteiger partial charge in [0.15, 0.2) is 5.65 Å². The summed E-state index contributed by atoms with van der Waals surface area (Å²) < 4.78 is 39.8. The lowest BCUT2D eigenvalue weighted by Crippen LogP contribution is -2.04. The van der Waals surface area contributed by atoms with E-state index in [9.17, 15) is 13.2 Å². The van der Waals surface area contributed by atoms with Crippen LogP contribution in [0.25, 0.3) is 16.9 Å². The quantitative estimate of drug-likeness (QED) is 0.748. The lowest BCUT2D eigenvalue weighted by molar-refractivity contribution is -0.137. The molecule has 0 saturated carbocycles. The molecule has 0 saturated heterocycles. The number of nitrogens with two attached hydrogens (primary N) is 1. The molecule has 0 radical (unpaired) electrons. The van der Waals surface area contributed by atoms with Crippen molar-refractivity contribution in [2.45, 2.75) is 13.1 Å². The number of nitrogens with zero attached hydrogens (tertiary/aromatic N) is 3. The molecule has 4 nitrogen and oxygen atoms in total. The van der Waals surface area contributed by atoms with Gasteiger partial charge in [-0.1, -0.05) is 12.1 Å². The van der Waals surface area contributed by atoms with Crippen LogP contribution in [0.4, 0.5) is 18.9 Å². The molecule has 1 aromatic carbocycles. The van der Waals surface area contributed by atoms with Gasteiger partial charge in [0.1, 0.15) is 0 Å². The zero-order valence-electron chi connectivity index (χ0n) is 11.0. The van der Waals surface area contributed by atoms with Crippen molar-refractivity contribution in [2.75, 3.05) is 5.73 Å². The van der Waals surface area contributed by atoms with Gasteiger partial charge in [-0.25, -0.2) is 9.50 Å². The summed E-state index contributed by atoms with van der Waals surface area (Å²) in [5.41, 5.74) is 7.54. The summed E-state index contributed by atoms with van der Waals surface area (Å²) in [7, 11) is 0. The molecule has 0 aliphatic rings. The van der Waals surface area contributed by atoms with Gasteiger partial charge in [-0.05, 0) is 19.1 Å². The van der Waals surface area contributed by atoms with Crippen LogP contribution in [0.3, 0.4) is 0 Å². The predicted octanol–water partition coefficient (Wildman–Crippen LogP) is 3.31. The molecule has 2 heterocycles. The summed E-state index contributed by atoms with van der Waals surface area (Å²) in [6.07, 6.45) is -2.88. The monoisotopic (exact) mass is 292 g/mol. The Morgan fingerprint density at radius 1 is 1.19 bits per heavy atom. The molecule has 7 heteroatoms. The van der Waals surface area contributed by atoms with Crippen LogP contribution in [0.2, 0.25) is 0 Å². The second-order valence-corrected chi connectivity index (χ2v) is 4.68. The predicted molar refractivity (Wildman–Crippen MR) is 72.6 cm³/mol. The van der Waals surface area contributed by atoms with Crippen LogP contribution in [0, 0.1) is 6.92 Å². The number of aromatic nitrogens is 3. The van der Waals surface area contributed by atoms with Gasteiger partial charge in [-0.3, -0.25) is 0 Å². The lowest BCUT2D eigenvalue weighted by atomic mass is 10.1. The normalized spacial score (nSPS) is 12.0. The van der Waals surface area contributed by atoms with E-state index < -0.39 is 11.7 Å². The van der Waals surface area contributed by atoms with Crippen molar-refractivity contribution in [1.82, 2.24) is 14.6 Å². The highest BCUT2D eigenvalue weighted by atomic mass is 19.4. The van der Waals surface area contributed by atoms with E-state index in [0.717, 1.165) is 12.1 Å². The van der Waals surface area contributed by atoms with E-state index in [1.807, 2.05) is 0 Å². The van der Waals surface area contributed by atoms with Crippen LogP contribution < -0.4 is 5.73 Å². The van der Waals surface area contributed by atoms with Gasteiger partial charge in [-0.15, -0.1) is 0 Å². The maximum Gasteiger partial charge on any atom is 0.416 e. The van der Waals surface area contributed by atoms with Crippen LogP contribution >= 0.6 is 0 Å². The third-order valence-corrected chi connectivity index (χ3v) is 3.25. The van der Waals surface area contributed by atoms with E-state index >= 15 is 0 Å². The van der Waals surface area contributed by atoms with Gasteiger partial charge in [0.05, 0.1) is 28.8 Å². The largest absolute Gasteiger partial charge is 0.416 e. The molecular weight excluding hydrogens is 281 g/mol. The second kappa shape index (κ2) is 4.47. The summed E-state index contributed by atoms with van der Waals surface area (Å²) in [5, 5.41) is 4.27. The SMILES string of the molecule is Cc1c(N)cnc2cc(-c3cccc(C(F)(F)F)c3)nn12. The molecule has 0 unspecified atom stereocenters. The van der Waals surface area contributed by atoms with Crippen molar-refractivity contribution >= 4 is 11.3 Å². The summed E-state index contributed by atoms with van der Waals surface area (Å²) >= 11 is 0. The molecule has 0 fully saturated rings. The first-order valence-corrected chi connectivity index (χ1v) is 6.15. The first kappa shape index (κ1) is 13.4. The smallest absolute Gasteiger partial charge is 0.396 e. The standard InChI is InChI=1S/C14H11F3N4/c1-8-11(18)7-19-13-6-12(20-21(8)13)9-3-2-4-10(5-9)14(15,16)17/h2-7H,18H2,1H3. The van der Waals surface area contributed by atoms with E-state index in [0.29, 0.717) is 28.3 Å². The van der Waals surface area contributed by atoms with Crippen molar-refractivity contribution in [1.29, 1.82) is 0 Å². The fourth-order valence-electron chi connectivity index (χ4n) is 2.06. The number of hydrogen-bond donors (Lipinski definition) is 1. The maximum absolute atomic E-state index is 12.8. The van der Waals surface area contributed by atoms with Crippen molar-refractivity contribution < 1.29 is 13.2 Å². The van der Waals surface area contributed by atoms with Crippen molar-refractivity contribution in [3.05, 3.63) is 47.8 Å². The van der Waals surface area contributed by atoms with Crippen LogP contribution in [-0.4, -0.2) is 14.6 Å². The van der Waals surface area contributed by atoms with Gasteiger partial charge in [0.25, 0.3) is 0 Å². The van der Waals surface area contributed by atoms with Gasteiger partial charge in [0.2, 0.25) is 0 Å². The Labute approximate surface area is 118 Å². The number of benzene rings is 1. The van der Waals surface area contributed by atoms with Gasteiger partial charge < -0.3 is 5.73 Å². The van der Waals surface area contributed by atoms with Crippen LogP contribution in [-0.2, 0) is 6.18 Å². The number of nitrogen functional groups attached to an aromatic ring is 1. The van der Waals surface area contributed by atoms with E-state index in [2.05, 4.69) is 10.1 Å². The molecule has 3 rings (SSSR count). The van der Waals surface area contributed by atoms with E-state index in [4.69, 9.17) is 5.73 Å². The summed E-state index contributed by atoms with van der Waals surface area (Å²) in [4.78, 5) is 4.11. The molecule has 2 aromatic heterocycles. The van der Waals surface area contributed by atoms with E-state index in [-0.39, 0.29) is 0 Å². The fourth-order valence-corrected chi connectivity index (χ4v) is 2.06. The van der Waals surface area contributed by atoms with Gasteiger partial charge in [0, 0.05) is 11.6 Å². The highest BCUT2D eigenvalue weighted by Gasteiger charge is 2.30. The Kier molecular flexibility index (Phi) is 2.86. The second-order valence-electron chi connectivity index (χ2n) is 4.68. The number of anilines is 1. The van der Waals surface area contributed by atoms with E-state index in [1.54, 1.807) is 19.1 Å². The molecule has 0 spiro atoms. The zero-order valence-corrected chi connectivity index (χ0v) is 11.0. The molecule has 0 atom stereocenters. The number of halogens is 3. The number of hydrogen-bond acceptors (Lipinski definition) is 3. The van der Waals surface area contributed by atoms with Crippen LogP contribution in [0.1, 0.15) is 11.3 Å². The summed E-state index contributed by atoms with van der Waals surface area (Å²) in [6.45, 7) is 1.77. The first-order chi connectivity index (χ1) is 9.86. The topological polar surface area (TPSA) is 56.2 Å². The number of alkyl halides is 3. The van der Waals surface area contributed by atoms with Gasteiger partial charge in [-0.2, -0.15) is 18.3 Å². The van der Waals surface area contributed by atoms with Crippen molar-refractivity contribution in [2.24, 2.45) is 0 Å². The third kappa shape index (κ3) is 2.31. The first-order valence-electron chi connectivity index (χ1n) is 6.15. The van der Waals surface area contributed by atoms with Crippen LogP contribution in [0.5, 0.6) is 0 Å². The fraction of sp³-hybridized carbons (Fsp3) is 0.143. The van der Waals surface area contributed by atoms with Crippen molar-refractivity contribution in [3.63, 3.8) is 0 Å². The molecule has 2 N–H and O–H groups in total. The average Bonchev–Trinajstić information content (AvgIpc) is 2.87. The average molecular weight is 292 g/mol. The molecule has 0 bridgehead atoms. The van der Waals surface area contributed by atoms with Crippen molar-refractivity contribution in [3.8, 4) is 11.3 Å². The molecule has 108 valence electrons. The zero-order chi connectivity index (χ0) is 15.2. The Morgan fingerprint density at radius 3 is 2.67 bits per heavy atom. The number of fused-ring (bicyclic) bond motifs is 1. The molecule has 0 aliphatic carbocycles. The lowest BCUT2D eigenvalue weighted by Gasteiger charge is -2.07. The highest BCUT2D eigenvalue weighted by molar-refractivity contribution is 5.65. The van der Waals surface area contributed by atoms with Gasteiger partial charge >= 0.3 is 6.18 Å². The van der Waals surface area contributed by atoms with E-state index in [1.165, 1.54) is 16.8 Å². The molecular formula is C14H11F3N4. The minimum absolute atomic E-state index is 0.383. The Balaban J connectivity index is 2.15. The Hall–Kier alpha value is -2.57. The summed E-state index contributed by atoms with van der Waals surface area (Å²) in [6, 6.07) is 6.66. The Bertz CT molecular complexity index is 821. The number of aryl methyl sites for hydroxylation is 1. The molecule has 21 heavy (non-hydrogen) atoms. The van der Waals surface area contributed by atoms with Crippen LogP contribution in [0.15, 0.2) is 36.5 Å². The molecule has 3 aromatic rings. The number of rotatable bonds is 1. The molecule has 0 aliphatic heterocycles.